The van der Waals surface area contributed by atoms with Crippen LogP contribution in [0.1, 0.15) is 58.6 Å². The van der Waals surface area contributed by atoms with Gasteiger partial charge in [0.1, 0.15) is 35.9 Å². The fraction of sp³-hybridized carbons (Fsp3) is 0.400. The summed E-state index contributed by atoms with van der Waals surface area (Å²) in [5.74, 6) is -2.55. The zero-order chi connectivity index (χ0) is 45.1. The van der Waals surface area contributed by atoms with E-state index in [1.54, 1.807) is 88.5 Å². The first-order chi connectivity index (χ1) is 29.4. The Morgan fingerprint density at radius 3 is 2.24 bits per heavy atom. The van der Waals surface area contributed by atoms with E-state index in [4.69, 9.17) is 18.9 Å². The van der Waals surface area contributed by atoms with Gasteiger partial charge in [-0.3, -0.25) is 9.69 Å². The van der Waals surface area contributed by atoms with Crippen LogP contribution in [0.3, 0.4) is 0 Å². The highest BCUT2D eigenvalue weighted by molar-refractivity contribution is 7.92. The van der Waals surface area contributed by atoms with E-state index in [0.29, 0.717) is 28.5 Å². The maximum absolute atomic E-state index is 15.0. The van der Waals surface area contributed by atoms with Crippen LogP contribution >= 0.6 is 0 Å². The van der Waals surface area contributed by atoms with E-state index < -0.39 is 75.5 Å². The number of anilines is 1. The quantitative estimate of drug-likeness (QED) is 0.0907. The molecule has 3 aromatic carbocycles. The molecule has 1 saturated heterocycles. The molecule has 1 fully saturated rings. The molecule has 2 aliphatic rings. The Morgan fingerprint density at radius 1 is 0.935 bits per heavy atom. The molecule has 0 radical (unpaired) electrons. The molecule has 6 rings (SSSR count). The number of para-hydroxylation sites is 2. The van der Waals surface area contributed by atoms with E-state index in [0.717, 1.165) is 16.3 Å². The SMILES string of the molecule is C=CCOC(=O)N[C@H](C(=O)N[C@@H](Cc1cn([C@]23C[C@@H](C(=O)OC)N(C(=O)OC)[C@H]2N(S(=O)(=O)c2ccccc2)c2ccccc23)c2ccccc12)C(=O)OC(C)(C)C)[C@@H](C)CC. The third-order valence-electron chi connectivity index (χ3n) is 11.3. The lowest BCUT2D eigenvalue weighted by molar-refractivity contribution is -0.158. The molecule has 1 aromatic heterocycles. The first-order valence-corrected chi connectivity index (χ1v) is 21.7. The van der Waals surface area contributed by atoms with Crippen LogP contribution in [0.25, 0.3) is 10.9 Å². The number of carbonyl (C=O) groups excluding carboxylic acids is 5. The minimum absolute atomic E-state index is 0.0508. The topological polar surface area (TPSA) is 192 Å². The monoisotopic (exact) mass is 871 g/mol. The van der Waals surface area contributed by atoms with Crippen LogP contribution < -0.4 is 14.9 Å². The van der Waals surface area contributed by atoms with Gasteiger partial charge < -0.3 is 34.1 Å². The van der Waals surface area contributed by atoms with Crippen LogP contribution in [-0.4, -0.2) is 98.6 Å². The first kappa shape index (κ1) is 45.2. The van der Waals surface area contributed by atoms with Crippen LogP contribution in [0.4, 0.5) is 15.3 Å². The van der Waals surface area contributed by atoms with Crippen molar-refractivity contribution in [1.29, 1.82) is 0 Å². The molecular weight excluding hydrogens is 819 g/mol. The fourth-order valence-electron chi connectivity index (χ4n) is 8.40. The van der Waals surface area contributed by atoms with Crippen LogP contribution in [0.5, 0.6) is 0 Å². The van der Waals surface area contributed by atoms with Gasteiger partial charge in [0.2, 0.25) is 5.91 Å². The predicted octanol–water partition coefficient (Wildman–Crippen LogP) is 5.63. The molecule has 62 heavy (non-hydrogen) atoms. The van der Waals surface area contributed by atoms with E-state index in [9.17, 15) is 32.4 Å². The summed E-state index contributed by atoms with van der Waals surface area (Å²) in [7, 11) is -2.12. The van der Waals surface area contributed by atoms with Crippen LogP contribution in [0.2, 0.25) is 0 Å². The second-order valence-corrected chi connectivity index (χ2v) is 18.1. The molecule has 0 saturated carbocycles. The molecule has 2 aliphatic heterocycles. The number of amides is 3. The smallest absolute Gasteiger partial charge is 0.412 e. The third-order valence-corrected chi connectivity index (χ3v) is 13.1. The van der Waals surface area contributed by atoms with Gasteiger partial charge in [-0.2, -0.15) is 0 Å². The molecular formula is C45H53N5O11S. The zero-order valence-corrected chi connectivity index (χ0v) is 36.6. The summed E-state index contributed by atoms with van der Waals surface area (Å²) < 4.78 is 54.4. The molecule has 0 unspecified atom stereocenters. The van der Waals surface area contributed by atoms with Crippen molar-refractivity contribution in [2.45, 2.75) is 94.2 Å². The Bertz CT molecular complexity index is 2470. The Hall–Kier alpha value is -6.36. The number of hydrogen-bond acceptors (Lipinski definition) is 11. The number of ether oxygens (including phenoxy) is 4. The Kier molecular flexibility index (Phi) is 13.1. The molecule has 330 valence electrons. The molecule has 0 aliphatic carbocycles. The lowest BCUT2D eigenvalue weighted by atomic mass is 9.86. The summed E-state index contributed by atoms with van der Waals surface area (Å²) in [6.45, 7) is 12.2. The van der Waals surface area contributed by atoms with Gasteiger partial charge in [-0.1, -0.05) is 87.5 Å². The molecule has 4 aromatic rings. The fourth-order valence-corrected chi connectivity index (χ4v) is 10.1. The molecule has 6 atom stereocenters. The maximum atomic E-state index is 15.0. The first-order valence-electron chi connectivity index (χ1n) is 20.2. The Balaban J connectivity index is 1.55. The standard InChI is InChI=1S/C45H53N5O11S/c1-9-24-60-42(54)47-37(28(3)10-2)38(51)46-33(39(52)61-44(4,5)6)25-29-27-48(34-22-16-14-20-31(29)34)45-26-36(40(53)58-7)49(43(55)59-8)41(45)50(35-23-17-15-21-32(35)45)62(56,57)30-18-12-11-13-19-30/h9,11-23,27-28,33,36-37,41H,1,10,24-26H2,2-8H3,(H,46,51)(H,47,54)/t28-,33-,36-,37-,41-,45-/m0/s1. The number of alkyl carbamates (subject to hydrolysis) is 1. The molecule has 3 amide bonds. The lowest BCUT2D eigenvalue weighted by Crippen LogP contribution is -2.57. The van der Waals surface area contributed by atoms with Crippen molar-refractivity contribution in [3.05, 3.63) is 109 Å². The maximum Gasteiger partial charge on any atom is 0.412 e. The summed E-state index contributed by atoms with van der Waals surface area (Å²) in [6.07, 6.45) is 0.157. The van der Waals surface area contributed by atoms with Gasteiger partial charge in [0.15, 0.2) is 6.17 Å². The number of carbonyl (C=O) groups is 5. The van der Waals surface area contributed by atoms with Crippen LogP contribution in [0, 0.1) is 5.92 Å². The van der Waals surface area contributed by atoms with Crippen molar-refractivity contribution >= 4 is 56.6 Å². The number of esters is 2. The highest BCUT2D eigenvalue weighted by Crippen LogP contribution is 2.58. The molecule has 16 nitrogen and oxygen atoms in total. The number of nitrogens with one attached hydrogen (secondary N) is 2. The Labute approximate surface area is 361 Å². The van der Waals surface area contributed by atoms with Gasteiger partial charge in [-0.05, 0) is 56.5 Å². The van der Waals surface area contributed by atoms with Crippen molar-refractivity contribution in [3.8, 4) is 0 Å². The van der Waals surface area contributed by atoms with Gasteiger partial charge in [0, 0.05) is 35.5 Å². The molecule has 0 bridgehead atoms. The number of likely N-dealkylation sites (tertiary alicyclic amines) is 1. The normalized spacial score (nSPS) is 19.7. The lowest BCUT2D eigenvalue weighted by Gasteiger charge is -2.38. The average molecular weight is 872 g/mol. The summed E-state index contributed by atoms with van der Waals surface area (Å²) in [5.41, 5.74) is -0.599. The summed E-state index contributed by atoms with van der Waals surface area (Å²) >= 11 is 0. The average Bonchev–Trinajstić information content (AvgIpc) is 3.89. The minimum atomic E-state index is -4.46. The van der Waals surface area contributed by atoms with Crippen molar-refractivity contribution in [3.63, 3.8) is 0 Å². The summed E-state index contributed by atoms with van der Waals surface area (Å²) in [6, 6.07) is 18.1. The van der Waals surface area contributed by atoms with Crippen LogP contribution in [0.15, 0.2) is 103 Å². The summed E-state index contributed by atoms with van der Waals surface area (Å²) in [4.78, 5) is 69.7. The summed E-state index contributed by atoms with van der Waals surface area (Å²) in [5, 5.41) is 6.08. The predicted molar refractivity (Wildman–Crippen MR) is 229 cm³/mol. The van der Waals surface area contributed by atoms with Gasteiger partial charge in [0.05, 0.1) is 24.8 Å². The van der Waals surface area contributed by atoms with Crippen molar-refractivity contribution < 1.29 is 51.3 Å². The van der Waals surface area contributed by atoms with Gasteiger partial charge in [-0.15, -0.1) is 0 Å². The number of fused-ring (bicyclic) bond motifs is 4. The molecule has 3 heterocycles. The number of hydrogen-bond donors (Lipinski definition) is 2. The number of benzene rings is 3. The van der Waals surface area contributed by atoms with E-state index in [2.05, 4.69) is 17.2 Å². The van der Waals surface area contributed by atoms with Crippen LogP contribution in [-0.2, 0) is 55.3 Å². The van der Waals surface area contributed by atoms with Crippen molar-refractivity contribution in [2.24, 2.45) is 5.92 Å². The second-order valence-electron chi connectivity index (χ2n) is 16.3. The minimum Gasteiger partial charge on any atom is -0.467 e. The molecule has 0 spiro atoms. The number of sulfonamides is 1. The number of methoxy groups -OCH3 is 2. The number of nitrogens with zero attached hydrogens (tertiary/aromatic N) is 3. The number of rotatable bonds is 14. The highest BCUT2D eigenvalue weighted by atomic mass is 32.2. The van der Waals surface area contributed by atoms with Gasteiger partial charge in [-0.25, -0.2) is 31.9 Å². The van der Waals surface area contributed by atoms with Crippen molar-refractivity contribution in [2.75, 3.05) is 25.1 Å². The molecule has 2 N–H and O–H groups in total. The zero-order valence-electron chi connectivity index (χ0n) is 35.8. The van der Waals surface area contributed by atoms with Gasteiger partial charge in [0.25, 0.3) is 10.0 Å². The van der Waals surface area contributed by atoms with Gasteiger partial charge >= 0.3 is 24.1 Å². The van der Waals surface area contributed by atoms with E-state index in [1.165, 1.54) is 25.3 Å². The molecule has 17 heteroatoms. The second kappa shape index (κ2) is 17.9. The van der Waals surface area contributed by atoms with E-state index >= 15 is 0 Å². The van der Waals surface area contributed by atoms with Crippen molar-refractivity contribution in [1.82, 2.24) is 20.1 Å². The highest BCUT2D eigenvalue weighted by Gasteiger charge is 2.68. The van der Waals surface area contributed by atoms with E-state index in [-0.39, 0.29) is 35.9 Å². The Morgan fingerprint density at radius 2 is 1.60 bits per heavy atom. The third kappa shape index (κ3) is 8.32. The van der Waals surface area contributed by atoms with E-state index in [1.807, 2.05) is 23.6 Å². The number of aromatic nitrogens is 1. The largest absolute Gasteiger partial charge is 0.467 e.